The van der Waals surface area contributed by atoms with E-state index in [1.807, 2.05) is 0 Å². The molecule has 1 aliphatic heterocycles. The van der Waals surface area contributed by atoms with Crippen molar-refractivity contribution in [3.8, 4) is 0 Å². The van der Waals surface area contributed by atoms with Gasteiger partial charge in [0.05, 0.1) is 10.4 Å². The zero-order valence-electron chi connectivity index (χ0n) is 11.4. The van der Waals surface area contributed by atoms with Crippen LogP contribution in [0.1, 0.15) is 19.3 Å². The molecule has 1 fully saturated rings. The van der Waals surface area contributed by atoms with Crippen molar-refractivity contribution < 1.29 is 8.42 Å². The second-order valence-electron chi connectivity index (χ2n) is 5.13. The van der Waals surface area contributed by atoms with Crippen molar-refractivity contribution in [2.45, 2.75) is 24.2 Å². The second kappa shape index (κ2) is 5.88. The molecular weight excluding hydrogens is 310 g/mol. The summed E-state index contributed by atoms with van der Waals surface area (Å²) >= 11 is 5.83. The van der Waals surface area contributed by atoms with Crippen LogP contribution in [0.4, 0.5) is 0 Å². The molecule has 1 aromatic carbocycles. The first-order valence-electron chi connectivity index (χ1n) is 6.88. The number of rotatable bonds is 3. The molecule has 112 valence electrons. The van der Waals surface area contributed by atoms with Crippen LogP contribution in [0.3, 0.4) is 0 Å². The number of nitrogens with one attached hydrogen (secondary N) is 1. The number of benzene rings is 1. The SMILES string of the molecule is O=S(=O)(NN1CCCCC1)c1ccc2nc(Cl)ccc2c1. The third-order valence-electron chi connectivity index (χ3n) is 3.54. The molecule has 1 N–H and O–H groups in total. The quantitative estimate of drug-likeness (QED) is 0.881. The number of pyridine rings is 1. The Kier molecular flexibility index (Phi) is 4.12. The number of hydrogen-bond acceptors (Lipinski definition) is 4. The highest BCUT2D eigenvalue weighted by Gasteiger charge is 2.20. The Balaban J connectivity index is 1.89. The maximum atomic E-state index is 12.4. The molecule has 0 atom stereocenters. The van der Waals surface area contributed by atoms with Crippen LogP contribution in [0.2, 0.25) is 5.15 Å². The Hall–Kier alpha value is -1.21. The molecular formula is C14H16ClN3O2S. The molecule has 21 heavy (non-hydrogen) atoms. The minimum atomic E-state index is -3.55. The molecule has 2 heterocycles. The Morgan fingerprint density at radius 1 is 1.10 bits per heavy atom. The lowest BCUT2D eigenvalue weighted by atomic mass is 10.2. The average Bonchev–Trinajstić information content (AvgIpc) is 2.47. The van der Waals surface area contributed by atoms with Crippen molar-refractivity contribution >= 4 is 32.5 Å². The van der Waals surface area contributed by atoms with Crippen LogP contribution < -0.4 is 4.83 Å². The number of fused-ring (bicyclic) bond motifs is 1. The van der Waals surface area contributed by atoms with Crippen LogP contribution in [0, 0.1) is 0 Å². The van der Waals surface area contributed by atoms with Crippen molar-refractivity contribution in [2.75, 3.05) is 13.1 Å². The Morgan fingerprint density at radius 2 is 1.86 bits per heavy atom. The molecule has 1 aromatic heterocycles. The molecule has 3 rings (SSSR count). The Morgan fingerprint density at radius 3 is 2.62 bits per heavy atom. The van der Waals surface area contributed by atoms with E-state index in [-0.39, 0.29) is 4.90 Å². The van der Waals surface area contributed by atoms with Gasteiger partial charge in [-0.25, -0.2) is 18.4 Å². The lowest BCUT2D eigenvalue weighted by Crippen LogP contribution is -2.44. The van der Waals surface area contributed by atoms with E-state index in [2.05, 4.69) is 9.82 Å². The van der Waals surface area contributed by atoms with E-state index in [1.165, 1.54) is 0 Å². The summed E-state index contributed by atoms with van der Waals surface area (Å²) in [5.41, 5.74) is 0.680. The summed E-state index contributed by atoms with van der Waals surface area (Å²) in [5.74, 6) is 0. The number of hydrogen-bond donors (Lipinski definition) is 1. The summed E-state index contributed by atoms with van der Waals surface area (Å²) in [6.07, 6.45) is 3.19. The van der Waals surface area contributed by atoms with Gasteiger partial charge >= 0.3 is 0 Å². The summed E-state index contributed by atoms with van der Waals surface area (Å²) in [4.78, 5) is 7.04. The fourth-order valence-electron chi connectivity index (χ4n) is 2.45. The van der Waals surface area contributed by atoms with E-state index in [4.69, 9.17) is 11.6 Å². The monoisotopic (exact) mass is 325 g/mol. The highest BCUT2D eigenvalue weighted by Crippen LogP contribution is 2.20. The van der Waals surface area contributed by atoms with Crippen LogP contribution >= 0.6 is 11.6 Å². The van der Waals surface area contributed by atoms with Gasteiger partial charge in [-0.2, -0.15) is 0 Å². The number of piperidine rings is 1. The van der Waals surface area contributed by atoms with Crippen LogP contribution in [-0.4, -0.2) is 31.5 Å². The fourth-order valence-corrected chi connectivity index (χ4v) is 3.77. The van der Waals surface area contributed by atoms with Gasteiger partial charge in [0.1, 0.15) is 5.15 Å². The van der Waals surface area contributed by atoms with E-state index in [0.717, 1.165) is 37.7 Å². The van der Waals surface area contributed by atoms with Crippen molar-refractivity contribution in [1.29, 1.82) is 0 Å². The van der Waals surface area contributed by atoms with Gasteiger partial charge in [-0.3, -0.25) is 0 Å². The lowest BCUT2D eigenvalue weighted by Gasteiger charge is -2.26. The van der Waals surface area contributed by atoms with E-state index < -0.39 is 10.0 Å². The third-order valence-corrected chi connectivity index (χ3v) is 5.13. The third kappa shape index (κ3) is 3.35. The fraction of sp³-hybridized carbons (Fsp3) is 0.357. The van der Waals surface area contributed by atoms with Crippen LogP contribution in [-0.2, 0) is 10.0 Å². The molecule has 0 radical (unpaired) electrons. The molecule has 1 aliphatic rings. The predicted octanol–water partition coefficient (Wildman–Crippen LogP) is 2.57. The molecule has 0 saturated carbocycles. The van der Waals surface area contributed by atoms with Gasteiger partial charge in [-0.15, -0.1) is 4.83 Å². The number of nitrogens with zero attached hydrogens (tertiary/aromatic N) is 2. The minimum absolute atomic E-state index is 0.240. The first-order chi connectivity index (χ1) is 10.0. The molecule has 1 saturated heterocycles. The number of sulfonamides is 1. The normalized spacial score (nSPS) is 17.2. The molecule has 7 heteroatoms. The first kappa shape index (κ1) is 14.7. The van der Waals surface area contributed by atoms with Gasteiger partial charge in [-0.05, 0) is 43.2 Å². The van der Waals surface area contributed by atoms with Gasteiger partial charge in [0.15, 0.2) is 0 Å². The molecule has 0 unspecified atom stereocenters. The molecule has 2 aromatic rings. The Bertz CT molecular complexity index is 758. The molecule has 0 spiro atoms. The van der Waals surface area contributed by atoms with Gasteiger partial charge in [0, 0.05) is 18.5 Å². The number of aromatic nitrogens is 1. The van der Waals surface area contributed by atoms with Crippen molar-refractivity contribution in [2.24, 2.45) is 0 Å². The summed E-state index contributed by atoms with van der Waals surface area (Å²) < 4.78 is 24.8. The summed E-state index contributed by atoms with van der Waals surface area (Å²) in [7, 11) is -3.55. The van der Waals surface area contributed by atoms with Gasteiger partial charge in [0.25, 0.3) is 10.0 Å². The second-order valence-corrected chi connectivity index (χ2v) is 7.18. The largest absolute Gasteiger partial charge is 0.253 e. The molecule has 5 nitrogen and oxygen atoms in total. The topological polar surface area (TPSA) is 62.3 Å². The summed E-state index contributed by atoms with van der Waals surface area (Å²) in [5, 5.41) is 2.91. The van der Waals surface area contributed by atoms with Crippen LogP contribution in [0.15, 0.2) is 35.2 Å². The van der Waals surface area contributed by atoms with Crippen molar-refractivity contribution in [3.63, 3.8) is 0 Å². The van der Waals surface area contributed by atoms with E-state index in [0.29, 0.717) is 10.7 Å². The maximum absolute atomic E-state index is 12.4. The molecule has 0 amide bonds. The van der Waals surface area contributed by atoms with E-state index in [1.54, 1.807) is 35.3 Å². The van der Waals surface area contributed by atoms with Gasteiger partial charge in [0.2, 0.25) is 0 Å². The van der Waals surface area contributed by atoms with Gasteiger partial charge < -0.3 is 0 Å². The number of hydrazine groups is 1. The molecule has 0 aliphatic carbocycles. The predicted molar refractivity (Wildman–Crippen MR) is 82.5 cm³/mol. The van der Waals surface area contributed by atoms with Crippen molar-refractivity contribution in [3.05, 3.63) is 35.5 Å². The lowest BCUT2D eigenvalue weighted by molar-refractivity contribution is 0.200. The summed E-state index contributed by atoms with van der Waals surface area (Å²) in [6.45, 7) is 1.51. The van der Waals surface area contributed by atoms with E-state index in [9.17, 15) is 8.42 Å². The minimum Gasteiger partial charge on any atom is -0.236 e. The smallest absolute Gasteiger partial charge is 0.236 e. The number of halogens is 1. The van der Waals surface area contributed by atoms with Crippen LogP contribution in [0.25, 0.3) is 10.9 Å². The standard InChI is InChI=1S/C14H16ClN3O2S/c15-14-7-4-11-10-12(5-6-13(11)16-14)21(19,20)17-18-8-2-1-3-9-18/h4-7,10,17H,1-3,8-9H2. The highest BCUT2D eigenvalue weighted by atomic mass is 35.5. The summed E-state index contributed by atoms with van der Waals surface area (Å²) in [6, 6.07) is 8.26. The zero-order chi connectivity index (χ0) is 14.9. The van der Waals surface area contributed by atoms with E-state index >= 15 is 0 Å². The van der Waals surface area contributed by atoms with Crippen molar-refractivity contribution in [1.82, 2.24) is 14.8 Å². The maximum Gasteiger partial charge on any atom is 0.253 e. The van der Waals surface area contributed by atoms with Gasteiger partial charge in [-0.1, -0.05) is 18.0 Å². The zero-order valence-corrected chi connectivity index (χ0v) is 13.0. The van der Waals surface area contributed by atoms with Crippen LogP contribution in [0.5, 0.6) is 0 Å². The highest BCUT2D eigenvalue weighted by molar-refractivity contribution is 7.89. The first-order valence-corrected chi connectivity index (χ1v) is 8.74. The Labute approximate surface area is 128 Å². The molecule has 0 bridgehead atoms. The average molecular weight is 326 g/mol.